The molecule has 1 heterocycles. The number of carbonyl (C=O) groups excluding carboxylic acids is 1. The summed E-state index contributed by atoms with van der Waals surface area (Å²) < 4.78 is 38.2. The fourth-order valence-electron chi connectivity index (χ4n) is 2.16. The fraction of sp³-hybridized carbons (Fsp3) is 0.900. The fourth-order valence-corrected chi connectivity index (χ4v) is 2.16. The molecule has 0 aromatic carbocycles. The molecule has 1 saturated carbocycles. The van der Waals surface area contributed by atoms with E-state index in [1.807, 2.05) is 6.92 Å². The highest BCUT2D eigenvalue weighted by Gasteiger charge is 2.69. The molecule has 3 nitrogen and oxygen atoms in total. The Morgan fingerprint density at radius 2 is 2.06 bits per heavy atom. The van der Waals surface area contributed by atoms with E-state index in [0.29, 0.717) is 19.6 Å². The van der Waals surface area contributed by atoms with Crippen LogP contribution in [0.5, 0.6) is 0 Å². The summed E-state index contributed by atoms with van der Waals surface area (Å²) in [5, 5.41) is 3.10. The Labute approximate surface area is 92.0 Å². The molecular formula is C10H15F3N2O. The summed E-state index contributed by atoms with van der Waals surface area (Å²) >= 11 is 0. The minimum Gasteiger partial charge on any atom is -0.339 e. The first-order chi connectivity index (χ1) is 7.37. The third-order valence-electron chi connectivity index (χ3n) is 3.36. The molecule has 1 N–H and O–H groups in total. The van der Waals surface area contributed by atoms with Crippen LogP contribution in [0.2, 0.25) is 0 Å². The van der Waals surface area contributed by atoms with Gasteiger partial charge >= 0.3 is 6.18 Å². The van der Waals surface area contributed by atoms with Crippen LogP contribution < -0.4 is 5.32 Å². The van der Waals surface area contributed by atoms with Crippen LogP contribution in [0.1, 0.15) is 19.8 Å². The Balaban J connectivity index is 2.08. The van der Waals surface area contributed by atoms with Gasteiger partial charge in [0, 0.05) is 25.7 Å². The molecule has 2 fully saturated rings. The number of rotatable bonds is 1. The zero-order chi connectivity index (χ0) is 12.0. The van der Waals surface area contributed by atoms with Crippen molar-refractivity contribution in [3.05, 3.63) is 0 Å². The van der Waals surface area contributed by atoms with E-state index in [1.54, 1.807) is 0 Å². The van der Waals surface area contributed by atoms with E-state index in [-0.39, 0.29) is 18.9 Å². The molecule has 0 radical (unpaired) electrons. The van der Waals surface area contributed by atoms with E-state index in [2.05, 4.69) is 5.32 Å². The van der Waals surface area contributed by atoms with Crippen LogP contribution in [-0.4, -0.2) is 42.7 Å². The van der Waals surface area contributed by atoms with Gasteiger partial charge in [-0.3, -0.25) is 4.79 Å². The smallest absolute Gasteiger partial charge is 0.339 e. The molecule has 1 amide bonds. The number of alkyl halides is 3. The summed E-state index contributed by atoms with van der Waals surface area (Å²) in [6.45, 7) is 3.19. The van der Waals surface area contributed by atoms with E-state index in [4.69, 9.17) is 0 Å². The predicted octanol–water partition coefficient (Wildman–Crippen LogP) is 1.15. The zero-order valence-electron chi connectivity index (χ0n) is 9.10. The Hall–Kier alpha value is -0.780. The van der Waals surface area contributed by atoms with Gasteiger partial charge in [-0.05, 0) is 19.8 Å². The number of amides is 1. The van der Waals surface area contributed by atoms with Crippen molar-refractivity contribution >= 4 is 5.91 Å². The first-order valence-corrected chi connectivity index (χ1v) is 5.46. The minimum absolute atomic E-state index is 0.0480. The minimum atomic E-state index is -4.39. The first-order valence-electron chi connectivity index (χ1n) is 5.46. The van der Waals surface area contributed by atoms with E-state index >= 15 is 0 Å². The molecule has 2 rings (SSSR count). The Morgan fingerprint density at radius 3 is 2.50 bits per heavy atom. The second kappa shape index (κ2) is 3.61. The lowest BCUT2D eigenvalue weighted by Gasteiger charge is -2.35. The van der Waals surface area contributed by atoms with Gasteiger partial charge in [-0.2, -0.15) is 13.2 Å². The van der Waals surface area contributed by atoms with Crippen LogP contribution in [0, 0.1) is 5.41 Å². The molecule has 16 heavy (non-hydrogen) atoms. The number of piperazine rings is 1. The van der Waals surface area contributed by atoms with E-state index in [1.165, 1.54) is 4.90 Å². The van der Waals surface area contributed by atoms with Crippen molar-refractivity contribution in [2.45, 2.75) is 32.0 Å². The van der Waals surface area contributed by atoms with Crippen molar-refractivity contribution in [3.8, 4) is 0 Å². The Morgan fingerprint density at radius 1 is 1.44 bits per heavy atom. The van der Waals surface area contributed by atoms with Crippen molar-refractivity contribution < 1.29 is 18.0 Å². The van der Waals surface area contributed by atoms with Crippen molar-refractivity contribution in [3.63, 3.8) is 0 Å². The van der Waals surface area contributed by atoms with Crippen LogP contribution in [-0.2, 0) is 4.79 Å². The number of carbonyl (C=O) groups is 1. The highest BCUT2D eigenvalue weighted by molar-refractivity contribution is 5.86. The summed E-state index contributed by atoms with van der Waals surface area (Å²) in [6.07, 6.45) is -4.49. The molecule has 0 aromatic heterocycles. The second-order valence-electron chi connectivity index (χ2n) is 4.69. The maximum Gasteiger partial charge on any atom is 0.403 e. The number of halogens is 3. The second-order valence-corrected chi connectivity index (χ2v) is 4.69. The third kappa shape index (κ3) is 1.79. The summed E-state index contributed by atoms with van der Waals surface area (Å²) in [6, 6.07) is 0.0710. The lowest BCUT2D eigenvalue weighted by atomic mass is 10.0. The summed E-state index contributed by atoms with van der Waals surface area (Å²) in [4.78, 5) is 13.2. The highest BCUT2D eigenvalue weighted by Crippen LogP contribution is 2.58. The molecule has 0 aromatic rings. The van der Waals surface area contributed by atoms with Gasteiger partial charge in [0.15, 0.2) is 0 Å². The summed E-state index contributed by atoms with van der Waals surface area (Å²) in [7, 11) is 0. The summed E-state index contributed by atoms with van der Waals surface area (Å²) in [5.74, 6) is -0.728. The number of hydrogen-bond acceptors (Lipinski definition) is 2. The molecule has 6 heteroatoms. The predicted molar refractivity (Wildman–Crippen MR) is 51.8 cm³/mol. The topological polar surface area (TPSA) is 32.3 Å². The van der Waals surface area contributed by atoms with Gasteiger partial charge < -0.3 is 10.2 Å². The molecule has 2 aliphatic rings. The standard InChI is InChI=1S/C10H15F3N2O/c1-7-6-15(5-4-14-7)8(16)9(2-3-9)10(11,12)13/h7,14H,2-6H2,1H3/t7-/m1/s1. The maximum absolute atomic E-state index is 12.7. The SMILES string of the molecule is C[C@@H]1CN(C(=O)C2(C(F)(F)F)CC2)CCN1. The molecule has 1 aliphatic carbocycles. The van der Waals surface area contributed by atoms with Crippen molar-refractivity contribution in [1.82, 2.24) is 10.2 Å². The Kier molecular flexibility index (Phi) is 2.64. The van der Waals surface area contributed by atoms with Gasteiger partial charge in [0.2, 0.25) is 5.91 Å². The van der Waals surface area contributed by atoms with Gasteiger partial charge in [-0.1, -0.05) is 0 Å². The van der Waals surface area contributed by atoms with Crippen molar-refractivity contribution in [1.29, 1.82) is 0 Å². The van der Waals surface area contributed by atoms with Crippen molar-refractivity contribution in [2.24, 2.45) is 5.41 Å². The van der Waals surface area contributed by atoms with E-state index in [9.17, 15) is 18.0 Å². The molecule has 1 atom stereocenters. The normalized spacial score (nSPS) is 29.0. The van der Waals surface area contributed by atoms with E-state index < -0.39 is 17.5 Å². The number of nitrogens with zero attached hydrogens (tertiary/aromatic N) is 1. The number of nitrogens with one attached hydrogen (secondary N) is 1. The molecular weight excluding hydrogens is 221 g/mol. The third-order valence-corrected chi connectivity index (χ3v) is 3.36. The Bertz CT molecular complexity index is 299. The molecule has 0 spiro atoms. The van der Waals surface area contributed by atoms with Crippen LogP contribution in [0.4, 0.5) is 13.2 Å². The van der Waals surface area contributed by atoms with Crippen molar-refractivity contribution in [2.75, 3.05) is 19.6 Å². The van der Waals surface area contributed by atoms with Gasteiger partial charge in [-0.25, -0.2) is 0 Å². The monoisotopic (exact) mass is 236 g/mol. The lowest BCUT2D eigenvalue weighted by molar-refractivity contribution is -0.199. The lowest BCUT2D eigenvalue weighted by Crippen LogP contribution is -2.55. The average molecular weight is 236 g/mol. The quantitative estimate of drug-likeness (QED) is 0.740. The zero-order valence-corrected chi connectivity index (χ0v) is 9.10. The van der Waals surface area contributed by atoms with Gasteiger partial charge in [0.05, 0.1) is 0 Å². The molecule has 92 valence electrons. The maximum atomic E-state index is 12.7. The van der Waals surface area contributed by atoms with Gasteiger partial charge in [-0.15, -0.1) is 0 Å². The summed E-state index contributed by atoms with van der Waals surface area (Å²) in [5.41, 5.74) is -2.05. The number of hydrogen-bond donors (Lipinski definition) is 1. The van der Waals surface area contributed by atoms with Crippen LogP contribution in [0.15, 0.2) is 0 Å². The molecule has 0 bridgehead atoms. The molecule has 1 saturated heterocycles. The molecule has 1 aliphatic heterocycles. The first kappa shape index (κ1) is 11.7. The van der Waals surface area contributed by atoms with Gasteiger partial charge in [0.25, 0.3) is 0 Å². The average Bonchev–Trinajstić information content (AvgIpc) is 2.96. The van der Waals surface area contributed by atoms with Crippen LogP contribution in [0.25, 0.3) is 0 Å². The molecule has 0 unspecified atom stereocenters. The van der Waals surface area contributed by atoms with Crippen LogP contribution >= 0.6 is 0 Å². The largest absolute Gasteiger partial charge is 0.403 e. The highest BCUT2D eigenvalue weighted by atomic mass is 19.4. The van der Waals surface area contributed by atoms with Gasteiger partial charge in [0.1, 0.15) is 5.41 Å². The van der Waals surface area contributed by atoms with Crippen LogP contribution in [0.3, 0.4) is 0 Å². The van der Waals surface area contributed by atoms with E-state index in [0.717, 1.165) is 0 Å².